The predicted molar refractivity (Wildman–Crippen MR) is 83.6 cm³/mol. The summed E-state index contributed by atoms with van der Waals surface area (Å²) in [4.78, 5) is 4.66. The number of pyridine rings is 1. The fourth-order valence-corrected chi connectivity index (χ4v) is 3.75. The van der Waals surface area contributed by atoms with Crippen molar-refractivity contribution >= 4 is 11.8 Å². The summed E-state index contributed by atoms with van der Waals surface area (Å²) in [5, 5.41) is 5.51. The van der Waals surface area contributed by atoms with E-state index in [0.29, 0.717) is 5.92 Å². The Morgan fingerprint density at radius 2 is 2.11 bits per heavy atom. The molecule has 0 aliphatic heterocycles. The molecular weight excluding hydrogens is 252 g/mol. The smallest absolute Gasteiger partial charge is 0.0991 e. The van der Waals surface area contributed by atoms with Crippen molar-refractivity contribution in [2.75, 3.05) is 6.54 Å². The van der Waals surface area contributed by atoms with Crippen molar-refractivity contribution in [1.82, 2.24) is 10.3 Å². The maximum atomic E-state index is 4.66. The molecule has 106 valence electrons. The lowest BCUT2D eigenvalue weighted by molar-refractivity contribution is 0.551. The highest BCUT2D eigenvalue weighted by molar-refractivity contribution is 7.99. The number of nitrogens with one attached hydrogen (secondary N) is 1. The second kappa shape index (κ2) is 7.30. The predicted octanol–water partition coefficient (Wildman–Crippen LogP) is 4.17. The Hall–Kier alpha value is -0.540. The van der Waals surface area contributed by atoms with E-state index >= 15 is 0 Å². The van der Waals surface area contributed by atoms with Crippen LogP contribution in [0.4, 0.5) is 0 Å². The number of aromatic nitrogens is 1. The first-order valence-corrected chi connectivity index (χ1v) is 8.36. The lowest BCUT2D eigenvalue weighted by Crippen LogP contribution is -2.19. The van der Waals surface area contributed by atoms with Gasteiger partial charge in [-0.2, -0.15) is 0 Å². The summed E-state index contributed by atoms with van der Waals surface area (Å²) in [6.07, 6.45) is 7.56. The van der Waals surface area contributed by atoms with Gasteiger partial charge in [-0.25, -0.2) is 4.98 Å². The number of nitrogens with zero attached hydrogens (tertiary/aromatic N) is 1. The van der Waals surface area contributed by atoms with Gasteiger partial charge in [-0.1, -0.05) is 32.8 Å². The monoisotopic (exact) mass is 278 g/mol. The SMILES string of the molecule is Cc1cc(CNCC(C)C)cnc1SC1CCCC1. The molecule has 0 saturated heterocycles. The Bertz CT molecular complexity index is 398. The van der Waals surface area contributed by atoms with Crippen LogP contribution < -0.4 is 5.32 Å². The van der Waals surface area contributed by atoms with Crippen LogP contribution in [0.15, 0.2) is 17.3 Å². The first kappa shape index (κ1) is 14.9. The first-order chi connectivity index (χ1) is 9.15. The maximum absolute atomic E-state index is 4.66. The topological polar surface area (TPSA) is 24.9 Å². The Kier molecular flexibility index (Phi) is 5.71. The third kappa shape index (κ3) is 4.81. The van der Waals surface area contributed by atoms with Gasteiger partial charge in [-0.3, -0.25) is 0 Å². The van der Waals surface area contributed by atoms with Gasteiger partial charge in [-0.05, 0) is 43.4 Å². The zero-order valence-electron chi connectivity index (χ0n) is 12.4. The minimum Gasteiger partial charge on any atom is -0.312 e. The fraction of sp³-hybridized carbons (Fsp3) is 0.688. The van der Waals surface area contributed by atoms with Crippen LogP contribution in [0.3, 0.4) is 0 Å². The van der Waals surface area contributed by atoms with Gasteiger partial charge in [0.1, 0.15) is 0 Å². The Morgan fingerprint density at radius 1 is 1.37 bits per heavy atom. The molecule has 1 aliphatic carbocycles. The minimum atomic E-state index is 0.700. The molecule has 2 rings (SSSR count). The van der Waals surface area contributed by atoms with E-state index in [1.807, 2.05) is 18.0 Å². The van der Waals surface area contributed by atoms with E-state index in [0.717, 1.165) is 18.3 Å². The molecule has 1 heterocycles. The van der Waals surface area contributed by atoms with Crippen molar-refractivity contribution in [3.8, 4) is 0 Å². The quantitative estimate of drug-likeness (QED) is 0.845. The highest BCUT2D eigenvalue weighted by atomic mass is 32.2. The van der Waals surface area contributed by atoms with E-state index < -0.39 is 0 Å². The van der Waals surface area contributed by atoms with E-state index in [4.69, 9.17) is 0 Å². The van der Waals surface area contributed by atoms with E-state index in [1.54, 1.807) is 0 Å². The lowest BCUT2D eigenvalue weighted by atomic mass is 10.2. The van der Waals surface area contributed by atoms with Crippen molar-refractivity contribution in [2.24, 2.45) is 5.92 Å². The zero-order chi connectivity index (χ0) is 13.7. The zero-order valence-corrected chi connectivity index (χ0v) is 13.2. The van der Waals surface area contributed by atoms with Crippen molar-refractivity contribution in [3.05, 3.63) is 23.4 Å². The van der Waals surface area contributed by atoms with Crippen LogP contribution in [-0.4, -0.2) is 16.8 Å². The summed E-state index contributed by atoms with van der Waals surface area (Å²) >= 11 is 1.98. The standard InChI is InChI=1S/C16H26N2S/c1-12(2)9-17-10-14-8-13(3)16(18-11-14)19-15-6-4-5-7-15/h8,11-12,15,17H,4-7,9-10H2,1-3H3. The number of rotatable bonds is 6. The van der Waals surface area contributed by atoms with Gasteiger partial charge < -0.3 is 5.32 Å². The summed E-state index contributed by atoms with van der Waals surface area (Å²) in [7, 11) is 0. The van der Waals surface area contributed by atoms with Gasteiger partial charge in [0.25, 0.3) is 0 Å². The molecule has 0 unspecified atom stereocenters. The molecule has 1 saturated carbocycles. The number of thioether (sulfide) groups is 1. The number of hydrogen-bond acceptors (Lipinski definition) is 3. The molecule has 2 nitrogen and oxygen atoms in total. The van der Waals surface area contributed by atoms with Crippen LogP contribution in [0.5, 0.6) is 0 Å². The number of hydrogen-bond donors (Lipinski definition) is 1. The molecular formula is C16H26N2S. The largest absolute Gasteiger partial charge is 0.312 e. The van der Waals surface area contributed by atoms with E-state index in [-0.39, 0.29) is 0 Å². The van der Waals surface area contributed by atoms with Gasteiger partial charge in [0.2, 0.25) is 0 Å². The fourth-order valence-electron chi connectivity index (χ4n) is 2.51. The highest BCUT2D eigenvalue weighted by Gasteiger charge is 2.17. The third-order valence-corrected chi connectivity index (χ3v) is 5.00. The number of aryl methyl sites for hydroxylation is 1. The van der Waals surface area contributed by atoms with E-state index in [1.165, 1.54) is 41.8 Å². The average Bonchev–Trinajstić information content (AvgIpc) is 2.85. The Morgan fingerprint density at radius 3 is 2.74 bits per heavy atom. The molecule has 0 aromatic carbocycles. The third-order valence-electron chi connectivity index (χ3n) is 3.55. The lowest BCUT2D eigenvalue weighted by Gasteiger charge is -2.12. The van der Waals surface area contributed by atoms with Crippen LogP contribution >= 0.6 is 11.8 Å². The van der Waals surface area contributed by atoms with E-state index in [2.05, 4.69) is 37.1 Å². The molecule has 0 spiro atoms. The van der Waals surface area contributed by atoms with Crippen molar-refractivity contribution in [2.45, 2.75) is 63.3 Å². The normalized spacial score (nSPS) is 16.4. The van der Waals surface area contributed by atoms with Gasteiger partial charge in [-0.15, -0.1) is 11.8 Å². The van der Waals surface area contributed by atoms with Gasteiger partial charge >= 0.3 is 0 Å². The molecule has 1 N–H and O–H groups in total. The molecule has 3 heteroatoms. The minimum absolute atomic E-state index is 0.700. The molecule has 0 bridgehead atoms. The van der Waals surface area contributed by atoms with Crippen LogP contribution in [0.1, 0.15) is 50.7 Å². The second-order valence-electron chi connectivity index (χ2n) is 6.01. The Balaban J connectivity index is 1.88. The van der Waals surface area contributed by atoms with Crippen LogP contribution in [-0.2, 0) is 6.54 Å². The molecule has 0 amide bonds. The van der Waals surface area contributed by atoms with Crippen molar-refractivity contribution < 1.29 is 0 Å². The molecule has 1 fully saturated rings. The summed E-state index contributed by atoms with van der Waals surface area (Å²) in [6, 6.07) is 2.29. The Labute approximate surface area is 121 Å². The molecule has 0 atom stereocenters. The first-order valence-electron chi connectivity index (χ1n) is 7.48. The van der Waals surface area contributed by atoms with E-state index in [9.17, 15) is 0 Å². The summed E-state index contributed by atoms with van der Waals surface area (Å²) in [6.45, 7) is 8.66. The summed E-state index contributed by atoms with van der Waals surface area (Å²) in [5.74, 6) is 0.700. The average molecular weight is 278 g/mol. The summed E-state index contributed by atoms with van der Waals surface area (Å²) < 4.78 is 0. The maximum Gasteiger partial charge on any atom is 0.0991 e. The van der Waals surface area contributed by atoms with Gasteiger partial charge in [0.05, 0.1) is 5.03 Å². The summed E-state index contributed by atoms with van der Waals surface area (Å²) in [5.41, 5.74) is 2.63. The molecule has 1 aliphatic rings. The second-order valence-corrected chi connectivity index (χ2v) is 7.30. The molecule has 0 radical (unpaired) electrons. The highest BCUT2D eigenvalue weighted by Crippen LogP contribution is 2.35. The van der Waals surface area contributed by atoms with Crippen LogP contribution in [0.25, 0.3) is 0 Å². The van der Waals surface area contributed by atoms with Gasteiger partial charge in [0, 0.05) is 18.0 Å². The van der Waals surface area contributed by atoms with Crippen molar-refractivity contribution in [1.29, 1.82) is 0 Å². The van der Waals surface area contributed by atoms with Crippen LogP contribution in [0.2, 0.25) is 0 Å². The molecule has 19 heavy (non-hydrogen) atoms. The van der Waals surface area contributed by atoms with Crippen LogP contribution in [0, 0.1) is 12.8 Å². The molecule has 1 aromatic rings. The van der Waals surface area contributed by atoms with Crippen molar-refractivity contribution in [3.63, 3.8) is 0 Å². The van der Waals surface area contributed by atoms with Gasteiger partial charge in [0.15, 0.2) is 0 Å². The molecule has 1 aromatic heterocycles.